The lowest BCUT2D eigenvalue weighted by molar-refractivity contribution is 0.0951. The topological polar surface area (TPSA) is 29.1 Å². The molecule has 1 amide bonds. The minimum Gasteiger partial charge on any atom is -0.351 e. The lowest BCUT2D eigenvalue weighted by atomic mass is 9.95. The minimum absolute atomic E-state index is 0.0176. The monoisotopic (exact) mass is 301 g/mol. The zero-order valence-electron chi connectivity index (χ0n) is 13.0. The smallest absolute Gasteiger partial charge is 0.251 e. The van der Waals surface area contributed by atoms with Crippen LogP contribution in [-0.2, 0) is 5.41 Å². The molecular weight excluding hydrogens is 282 g/mol. The Kier molecular flexibility index (Phi) is 3.38. The molecule has 0 aromatic heterocycles. The van der Waals surface area contributed by atoms with Gasteiger partial charge in [0, 0.05) is 17.5 Å². The van der Waals surface area contributed by atoms with E-state index in [1.54, 1.807) is 0 Å². The molecule has 3 aromatic rings. The van der Waals surface area contributed by atoms with Crippen molar-refractivity contribution >= 4 is 16.7 Å². The van der Waals surface area contributed by atoms with Crippen molar-refractivity contribution in [1.82, 2.24) is 5.32 Å². The van der Waals surface area contributed by atoms with Gasteiger partial charge in [-0.3, -0.25) is 4.79 Å². The van der Waals surface area contributed by atoms with E-state index in [4.69, 9.17) is 0 Å². The predicted molar refractivity (Wildman–Crippen MR) is 93.6 cm³/mol. The van der Waals surface area contributed by atoms with Crippen molar-refractivity contribution in [3.05, 3.63) is 83.9 Å². The zero-order valence-corrected chi connectivity index (χ0v) is 13.0. The maximum Gasteiger partial charge on any atom is 0.251 e. The second-order valence-corrected chi connectivity index (χ2v) is 6.36. The van der Waals surface area contributed by atoms with E-state index in [0.29, 0.717) is 6.54 Å². The number of carbonyl (C=O) groups is 1. The number of rotatable bonds is 4. The Labute approximate surface area is 136 Å². The number of amides is 1. The molecule has 1 fully saturated rings. The summed E-state index contributed by atoms with van der Waals surface area (Å²) in [5, 5.41) is 5.27. The Balaban J connectivity index is 1.54. The second-order valence-electron chi connectivity index (χ2n) is 6.36. The Morgan fingerprint density at radius 3 is 2.35 bits per heavy atom. The average molecular weight is 301 g/mol. The first kappa shape index (κ1) is 14.0. The first-order valence-corrected chi connectivity index (χ1v) is 8.10. The highest BCUT2D eigenvalue weighted by atomic mass is 16.1. The highest BCUT2D eigenvalue weighted by Crippen LogP contribution is 2.47. The van der Waals surface area contributed by atoms with Crippen molar-refractivity contribution in [2.24, 2.45) is 0 Å². The molecule has 2 heteroatoms. The predicted octanol–water partition coefficient (Wildman–Crippen LogP) is 4.30. The SMILES string of the molecule is O=C(NCC1(c2ccccc2)CC1)c1cccc2ccccc12. The summed E-state index contributed by atoms with van der Waals surface area (Å²) >= 11 is 0. The Hall–Kier alpha value is -2.61. The third-order valence-corrected chi connectivity index (χ3v) is 4.86. The van der Waals surface area contributed by atoms with Gasteiger partial charge in [0.05, 0.1) is 0 Å². The number of hydrogen-bond donors (Lipinski definition) is 1. The Bertz CT molecular complexity index is 845. The molecule has 3 aromatic carbocycles. The molecule has 1 aliphatic rings. The van der Waals surface area contributed by atoms with E-state index in [0.717, 1.165) is 29.2 Å². The molecule has 23 heavy (non-hydrogen) atoms. The lowest BCUT2D eigenvalue weighted by Gasteiger charge is -2.17. The van der Waals surface area contributed by atoms with E-state index in [1.165, 1.54) is 5.56 Å². The van der Waals surface area contributed by atoms with E-state index in [-0.39, 0.29) is 11.3 Å². The van der Waals surface area contributed by atoms with Crippen LogP contribution < -0.4 is 5.32 Å². The van der Waals surface area contributed by atoms with Gasteiger partial charge in [-0.2, -0.15) is 0 Å². The van der Waals surface area contributed by atoms with Crippen molar-refractivity contribution in [1.29, 1.82) is 0 Å². The van der Waals surface area contributed by atoms with Crippen molar-refractivity contribution in [3.63, 3.8) is 0 Å². The fourth-order valence-electron chi connectivity index (χ4n) is 3.28. The van der Waals surface area contributed by atoms with Gasteiger partial charge < -0.3 is 5.32 Å². The van der Waals surface area contributed by atoms with Crippen LogP contribution >= 0.6 is 0 Å². The largest absolute Gasteiger partial charge is 0.351 e. The number of fused-ring (bicyclic) bond motifs is 1. The highest BCUT2D eigenvalue weighted by Gasteiger charge is 2.44. The first-order chi connectivity index (χ1) is 11.3. The molecule has 0 aliphatic heterocycles. The van der Waals surface area contributed by atoms with Gasteiger partial charge in [0.25, 0.3) is 5.91 Å². The fourth-order valence-corrected chi connectivity index (χ4v) is 3.28. The summed E-state index contributed by atoms with van der Waals surface area (Å²) in [4.78, 5) is 12.7. The van der Waals surface area contributed by atoms with Crippen LogP contribution in [0, 0.1) is 0 Å². The van der Waals surface area contributed by atoms with Crippen LogP contribution in [0.15, 0.2) is 72.8 Å². The van der Waals surface area contributed by atoms with E-state index in [9.17, 15) is 4.79 Å². The summed E-state index contributed by atoms with van der Waals surface area (Å²) < 4.78 is 0. The standard InChI is InChI=1S/C21H19NO/c23-20(19-12-6-8-16-7-4-5-11-18(16)19)22-15-21(13-14-21)17-9-2-1-3-10-17/h1-12H,13-15H2,(H,22,23). The van der Waals surface area contributed by atoms with Crippen LogP contribution in [0.4, 0.5) is 0 Å². The van der Waals surface area contributed by atoms with Crippen molar-refractivity contribution < 1.29 is 4.79 Å². The van der Waals surface area contributed by atoms with Crippen LogP contribution in [0.5, 0.6) is 0 Å². The van der Waals surface area contributed by atoms with Gasteiger partial charge in [0.1, 0.15) is 0 Å². The summed E-state index contributed by atoms with van der Waals surface area (Å²) in [6.07, 6.45) is 2.29. The van der Waals surface area contributed by atoms with Crippen LogP contribution in [0.25, 0.3) is 10.8 Å². The molecule has 1 N–H and O–H groups in total. The van der Waals surface area contributed by atoms with E-state index in [2.05, 4.69) is 29.6 Å². The third-order valence-electron chi connectivity index (χ3n) is 4.86. The molecule has 0 saturated heterocycles. The minimum atomic E-state index is 0.0176. The summed E-state index contributed by atoms with van der Waals surface area (Å²) in [5.74, 6) is 0.0176. The van der Waals surface area contributed by atoms with Crippen LogP contribution in [0.2, 0.25) is 0 Å². The highest BCUT2D eigenvalue weighted by molar-refractivity contribution is 6.07. The zero-order chi connectivity index (χ0) is 15.7. The summed E-state index contributed by atoms with van der Waals surface area (Å²) in [6, 6.07) is 24.4. The van der Waals surface area contributed by atoms with Gasteiger partial charge in [-0.1, -0.05) is 66.7 Å². The molecule has 1 saturated carbocycles. The molecule has 0 bridgehead atoms. The first-order valence-electron chi connectivity index (χ1n) is 8.10. The van der Waals surface area contributed by atoms with E-state index < -0.39 is 0 Å². The summed E-state index contributed by atoms with van der Waals surface area (Å²) in [5.41, 5.74) is 2.23. The maximum atomic E-state index is 12.7. The fraction of sp³-hybridized carbons (Fsp3) is 0.190. The van der Waals surface area contributed by atoms with Crippen molar-refractivity contribution in [2.75, 3.05) is 6.54 Å². The molecular formula is C21H19NO. The second kappa shape index (κ2) is 5.54. The van der Waals surface area contributed by atoms with Gasteiger partial charge >= 0.3 is 0 Å². The van der Waals surface area contributed by atoms with Gasteiger partial charge in [-0.15, -0.1) is 0 Å². The third kappa shape index (κ3) is 2.61. The van der Waals surface area contributed by atoms with Gasteiger partial charge in [-0.25, -0.2) is 0 Å². The maximum absolute atomic E-state index is 12.7. The molecule has 0 unspecified atom stereocenters. The molecule has 114 valence electrons. The lowest BCUT2D eigenvalue weighted by Crippen LogP contribution is -2.32. The molecule has 4 rings (SSSR count). The number of benzene rings is 3. The number of nitrogens with one attached hydrogen (secondary N) is 1. The normalized spacial score (nSPS) is 15.3. The van der Waals surface area contributed by atoms with Gasteiger partial charge in [-0.05, 0) is 35.2 Å². The quantitative estimate of drug-likeness (QED) is 0.764. The molecule has 2 nitrogen and oxygen atoms in total. The van der Waals surface area contributed by atoms with Crippen LogP contribution in [0.3, 0.4) is 0 Å². The molecule has 1 aliphatic carbocycles. The van der Waals surface area contributed by atoms with Crippen LogP contribution in [-0.4, -0.2) is 12.5 Å². The van der Waals surface area contributed by atoms with Gasteiger partial charge in [0.15, 0.2) is 0 Å². The Morgan fingerprint density at radius 2 is 1.57 bits per heavy atom. The number of carbonyl (C=O) groups excluding carboxylic acids is 1. The molecule has 0 heterocycles. The van der Waals surface area contributed by atoms with Crippen molar-refractivity contribution in [3.8, 4) is 0 Å². The van der Waals surface area contributed by atoms with Crippen molar-refractivity contribution in [2.45, 2.75) is 18.3 Å². The summed E-state index contributed by atoms with van der Waals surface area (Å²) in [7, 11) is 0. The van der Waals surface area contributed by atoms with E-state index >= 15 is 0 Å². The van der Waals surface area contributed by atoms with Gasteiger partial charge in [0.2, 0.25) is 0 Å². The molecule has 0 radical (unpaired) electrons. The molecule has 0 spiro atoms. The van der Waals surface area contributed by atoms with E-state index in [1.807, 2.05) is 48.5 Å². The van der Waals surface area contributed by atoms with Crippen LogP contribution in [0.1, 0.15) is 28.8 Å². The number of hydrogen-bond acceptors (Lipinski definition) is 1. The average Bonchev–Trinajstić information content (AvgIpc) is 3.41. The Morgan fingerprint density at radius 1 is 0.870 bits per heavy atom. The summed E-state index contributed by atoms with van der Waals surface area (Å²) in [6.45, 7) is 0.707. The molecule has 0 atom stereocenters.